The van der Waals surface area contributed by atoms with Crippen molar-refractivity contribution in [2.45, 2.75) is 26.7 Å². The fraction of sp³-hybridized carbons (Fsp3) is 0.174. The molecular weight excluding hydrogens is 366 g/mol. The van der Waals surface area contributed by atoms with Crippen molar-refractivity contribution in [2.75, 3.05) is 5.32 Å². The van der Waals surface area contributed by atoms with Crippen molar-refractivity contribution in [3.63, 3.8) is 0 Å². The molecule has 140 valence electrons. The topological polar surface area (TPSA) is 54.9 Å². The molecule has 5 heteroatoms. The Morgan fingerprint density at radius 1 is 1.04 bits per heavy atom. The van der Waals surface area contributed by atoms with Crippen LogP contribution in [0.4, 0.5) is 5.69 Å². The van der Waals surface area contributed by atoms with Gasteiger partial charge in [-0.3, -0.25) is 9.78 Å². The molecule has 2 heterocycles. The molecule has 0 aliphatic heterocycles. The van der Waals surface area contributed by atoms with Gasteiger partial charge in [-0.1, -0.05) is 38.1 Å². The highest BCUT2D eigenvalue weighted by Gasteiger charge is 2.09. The normalized spacial score (nSPS) is 11.1. The molecule has 0 fully saturated rings. The van der Waals surface area contributed by atoms with E-state index in [1.165, 1.54) is 5.56 Å². The molecule has 0 aliphatic rings. The lowest BCUT2D eigenvalue weighted by molar-refractivity contribution is 0.102. The van der Waals surface area contributed by atoms with E-state index in [-0.39, 0.29) is 5.91 Å². The van der Waals surface area contributed by atoms with Crippen molar-refractivity contribution < 1.29 is 4.79 Å². The van der Waals surface area contributed by atoms with E-state index in [4.69, 9.17) is 0 Å². The number of hydrogen-bond donors (Lipinski definition) is 1. The number of carbonyl (C=O) groups is 1. The standard InChI is InChI=1S/C23H21N3OS/c1-14(2)16-4-6-17(7-5-16)20-10-8-18(13-24-20)23(27)26-19-9-11-22-21(12-19)25-15(3)28-22/h4-14H,1-3H3,(H,26,27). The van der Waals surface area contributed by atoms with Gasteiger partial charge >= 0.3 is 0 Å². The third-order valence-corrected chi connectivity index (χ3v) is 5.60. The Labute approximate surface area is 168 Å². The molecule has 0 saturated heterocycles. The lowest BCUT2D eigenvalue weighted by atomic mass is 10.0. The number of thiazole rings is 1. The molecule has 4 rings (SSSR count). The van der Waals surface area contributed by atoms with Crippen LogP contribution in [-0.4, -0.2) is 15.9 Å². The Bertz CT molecular complexity index is 1130. The number of aromatic nitrogens is 2. The first-order valence-electron chi connectivity index (χ1n) is 9.24. The second kappa shape index (κ2) is 7.52. The first-order valence-corrected chi connectivity index (χ1v) is 10.1. The van der Waals surface area contributed by atoms with Crippen LogP contribution in [0.15, 0.2) is 60.8 Å². The summed E-state index contributed by atoms with van der Waals surface area (Å²) in [7, 11) is 0. The summed E-state index contributed by atoms with van der Waals surface area (Å²) in [6.45, 7) is 6.33. The fourth-order valence-electron chi connectivity index (χ4n) is 3.06. The number of anilines is 1. The van der Waals surface area contributed by atoms with Crippen LogP contribution in [0.2, 0.25) is 0 Å². The Kier molecular flexibility index (Phi) is 4.92. The molecule has 4 nitrogen and oxygen atoms in total. The first-order chi connectivity index (χ1) is 13.5. The van der Waals surface area contributed by atoms with Crippen LogP contribution >= 0.6 is 11.3 Å². The van der Waals surface area contributed by atoms with Gasteiger partial charge in [0.05, 0.1) is 26.5 Å². The maximum atomic E-state index is 12.6. The van der Waals surface area contributed by atoms with E-state index in [1.54, 1.807) is 23.6 Å². The molecule has 0 aliphatic carbocycles. The Morgan fingerprint density at radius 3 is 2.50 bits per heavy atom. The van der Waals surface area contributed by atoms with Gasteiger partial charge in [-0.25, -0.2) is 4.98 Å². The number of nitrogens with zero attached hydrogens (tertiary/aromatic N) is 2. The zero-order valence-corrected chi connectivity index (χ0v) is 16.9. The molecule has 2 aromatic heterocycles. The minimum absolute atomic E-state index is 0.180. The van der Waals surface area contributed by atoms with Gasteiger partial charge in [-0.2, -0.15) is 0 Å². The summed E-state index contributed by atoms with van der Waals surface area (Å²) >= 11 is 1.64. The van der Waals surface area contributed by atoms with E-state index in [2.05, 4.69) is 53.4 Å². The average Bonchev–Trinajstić information content (AvgIpc) is 3.07. The Hall–Kier alpha value is -3.05. The minimum Gasteiger partial charge on any atom is -0.322 e. The maximum Gasteiger partial charge on any atom is 0.257 e. The summed E-state index contributed by atoms with van der Waals surface area (Å²) in [5, 5.41) is 3.94. The zero-order valence-electron chi connectivity index (χ0n) is 16.1. The van der Waals surface area contributed by atoms with E-state index in [0.29, 0.717) is 11.5 Å². The monoisotopic (exact) mass is 387 g/mol. The molecule has 0 radical (unpaired) electrons. The number of rotatable bonds is 4. The Balaban J connectivity index is 1.50. The first kappa shape index (κ1) is 18.3. The van der Waals surface area contributed by atoms with Gasteiger partial charge in [-0.05, 0) is 48.7 Å². The predicted octanol–water partition coefficient (Wildman–Crippen LogP) is 6.04. The molecule has 2 aromatic carbocycles. The highest BCUT2D eigenvalue weighted by Crippen LogP contribution is 2.25. The molecule has 1 amide bonds. The zero-order chi connectivity index (χ0) is 19.7. The van der Waals surface area contributed by atoms with Crippen molar-refractivity contribution in [1.29, 1.82) is 0 Å². The quantitative estimate of drug-likeness (QED) is 0.464. The maximum absolute atomic E-state index is 12.6. The molecular formula is C23H21N3OS. The number of fused-ring (bicyclic) bond motifs is 1. The SMILES string of the molecule is Cc1nc2cc(NC(=O)c3ccc(-c4ccc(C(C)C)cc4)nc3)ccc2s1. The summed E-state index contributed by atoms with van der Waals surface area (Å²) in [6.07, 6.45) is 1.62. The number of pyridine rings is 1. The number of carbonyl (C=O) groups excluding carboxylic acids is 1. The van der Waals surface area contributed by atoms with Crippen molar-refractivity contribution in [3.8, 4) is 11.3 Å². The molecule has 0 saturated carbocycles. The smallest absolute Gasteiger partial charge is 0.257 e. The van der Waals surface area contributed by atoms with E-state index >= 15 is 0 Å². The van der Waals surface area contributed by atoms with Gasteiger partial charge in [-0.15, -0.1) is 11.3 Å². The summed E-state index contributed by atoms with van der Waals surface area (Å²) in [5.74, 6) is 0.320. The Morgan fingerprint density at radius 2 is 1.82 bits per heavy atom. The number of nitrogens with one attached hydrogen (secondary N) is 1. The molecule has 0 unspecified atom stereocenters. The lowest BCUT2D eigenvalue weighted by Gasteiger charge is -2.08. The van der Waals surface area contributed by atoms with E-state index in [1.807, 2.05) is 31.2 Å². The van der Waals surface area contributed by atoms with Gasteiger partial charge in [0.15, 0.2) is 0 Å². The fourth-order valence-corrected chi connectivity index (χ4v) is 3.87. The number of hydrogen-bond acceptors (Lipinski definition) is 4. The molecule has 4 aromatic rings. The molecule has 1 N–H and O–H groups in total. The second-order valence-electron chi connectivity index (χ2n) is 7.08. The average molecular weight is 388 g/mol. The van der Waals surface area contributed by atoms with Crippen LogP contribution in [0.3, 0.4) is 0 Å². The largest absolute Gasteiger partial charge is 0.322 e. The third kappa shape index (κ3) is 3.80. The van der Waals surface area contributed by atoms with E-state index in [9.17, 15) is 4.79 Å². The van der Waals surface area contributed by atoms with Crippen molar-refractivity contribution in [1.82, 2.24) is 9.97 Å². The second-order valence-corrected chi connectivity index (χ2v) is 8.31. The van der Waals surface area contributed by atoms with Crippen LogP contribution in [-0.2, 0) is 0 Å². The van der Waals surface area contributed by atoms with Crippen LogP contribution in [0.25, 0.3) is 21.5 Å². The highest BCUT2D eigenvalue weighted by molar-refractivity contribution is 7.18. The van der Waals surface area contributed by atoms with Crippen molar-refractivity contribution in [2.24, 2.45) is 0 Å². The summed E-state index contributed by atoms with van der Waals surface area (Å²) in [4.78, 5) is 21.5. The van der Waals surface area contributed by atoms with Crippen LogP contribution < -0.4 is 5.32 Å². The lowest BCUT2D eigenvalue weighted by Crippen LogP contribution is -2.12. The van der Waals surface area contributed by atoms with Crippen molar-refractivity contribution in [3.05, 3.63) is 76.9 Å². The van der Waals surface area contributed by atoms with Gasteiger partial charge in [0.1, 0.15) is 0 Å². The third-order valence-electron chi connectivity index (χ3n) is 4.65. The van der Waals surface area contributed by atoms with E-state index < -0.39 is 0 Å². The molecule has 0 atom stereocenters. The van der Waals surface area contributed by atoms with E-state index in [0.717, 1.165) is 32.2 Å². The highest BCUT2D eigenvalue weighted by atomic mass is 32.1. The minimum atomic E-state index is -0.180. The summed E-state index contributed by atoms with van der Waals surface area (Å²) < 4.78 is 1.12. The predicted molar refractivity (Wildman–Crippen MR) is 116 cm³/mol. The molecule has 28 heavy (non-hydrogen) atoms. The van der Waals surface area contributed by atoms with Crippen LogP contribution in [0.5, 0.6) is 0 Å². The van der Waals surface area contributed by atoms with Crippen LogP contribution in [0.1, 0.15) is 40.7 Å². The van der Waals surface area contributed by atoms with Gasteiger partial charge in [0, 0.05) is 17.4 Å². The summed E-state index contributed by atoms with van der Waals surface area (Å²) in [5.41, 5.74) is 5.35. The number of benzene rings is 2. The van der Waals surface area contributed by atoms with Crippen LogP contribution in [0, 0.1) is 6.92 Å². The van der Waals surface area contributed by atoms with Gasteiger partial charge < -0.3 is 5.32 Å². The summed E-state index contributed by atoms with van der Waals surface area (Å²) in [6, 6.07) is 17.9. The molecule has 0 spiro atoms. The number of amides is 1. The number of aryl methyl sites for hydroxylation is 1. The van der Waals surface area contributed by atoms with Gasteiger partial charge in [0.25, 0.3) is 5.91 Å². The molecule has 0 bridgehead atoms. The van der Waals surface area contributed by atoms with Gasteiger partial charge in [0.2, 0.25) is 0 Å². The van der Waals surface area contributed by atoms with Crippen molar-refractivity contribution >= 4 is 33.1 Å².